The Hall–Kier alpha value is -1.96. The van der Waals surface area contributed by atoms with Crippen molar-refractivity contribution in [3.63, 3.8) is 0 Å². The van der Waals surface area contributed by atoms with Crippen LogP contribution in [0.5, 0.6) is 0 Å². The molecule has 1 aliphatic rings. The van der Waals surface area contributed by atoms with E-state index in [2.05, 4.69) is 20.9 Å². The smallest absolute Gasteiger partial charge is 0.326 e. The normalized spacial score (nSPS) is 17.6. The lowest BCUT2D eigenvalue weighted by atomic mass is 10.1. The lowest BCUT2D eigenvalue weighted by Crippen LogP contribution is -2.40. The lowest BCUT2D eigenvalue weighted by molar-refractivity contribution is -0.139. The predicted molar refractivity (Wildman–Crippen MR) is 70.3 cm³/mol. The first-order valence-corrected chi connectivity index (χ1v) is 6.78. The van der Waals surface area contributed by atoms with Crippen LogP contribution in [0.25, 0.3) is 0 Å². The van der Waals surface area contributed by atoms with Gasteiger partial charge in [0.15, 0.2) is 5.69 Å². The van der Waals surface area contributed by atoms with E-state index < -0.39 is 17.9 Å². The van der Waals surface area contributed by atoms with Crippen LogP contribution in [-0.2, 0) is 4.79 Å². The molecular weight excluding hydrogens is 262 g/mol. The molecule has 2 heterocycles. The second kappa shape index (κ2) is 6.47. The third kappa shape index (κ3) is 3.32. The molecule has 1 saturated heterocycles. The van der Waals surface area contributed by atoms with Crippen molar-refractivity contribution in [3.05, 3.63) is 11.9 Å². The fourth-order valence-electron chi connectivity index (χ4n) is 2.20. The Kier molecular flexibility index (Phi) is 4.67. The number of carboxylic acids is 1. The van der Waals surface area contributed by atoms with Crippen molar-refractivity contribution in [3.8, 4) is 0 Å². The van der Waals surface area contributed by atoms with Gasteiger partial charge in [-0.2, -0.15) is 0 Å². The van der Waals surface area contributed by atoms with E-state index in [0.717, 1.165) is 25.9 Å². The van der Waals surface area contributed by atoms with E-state index in [9.17, 15) is 9.59 Å². The SMILES string of the molecule is CC[C@@H](NC(=O)c1cn(C2CCNCC2)nn1)C(=O)O. The highest BCUT2D eigenvalue weighted by Crippen LogP contribution is 2.17. The van der Waals surface area contributed by atoms with E-state index in [4.69, 9.17) is 5.11 Å². The van der Waals surface area contributed by atoms with Gasteiger partial charge in [-0.05, 0) is 32.4 Å². The number of nitrogens with one attached hydrogen (secondary N) is 2. The molecule has 110 valence electrons. The third-order valence-corrected chi connectivity index (χ3v) is 3.44. The molecule has 0 radical (unpaired) electrons. The zero-order chi connectivity index (χ0) is 14.5. The number of aliphatic carboxylic acids is 1. The molecule has 8 heteroatoms. The van der Waals surface area contributed by atoms with Gasteiger partial charge in [0.25, 0.3) is 5.91 Å². The number of amides is 1. The van der Waals surface area contributed by atoms with Crippen LogP contribution in [0, 0.1) is 0 Å². The van der Waals surface area contributed by atoms with E-state index in [-0.39, 0.29) is 11.7 Å². The molecule has 2 rings (SSSR count). The number of carbonyl (C=O) groups is 2. The fourth-order valence-corrected chi connectivity index (χ4v) is 2.20. The van der Waals surface area contributed by atoms with Crippen LogP contribution < -0.4 is 10.6 Å². The zero-order valence-electron chi connectivity index (χ0n) is 11.4. The zero-order valence-corrected chi connectivity index (χ0v) is 11.4. The van der Waals surface area contributed by atoms with Crippen molar-refractivity contribution in [2.75, 3.05) is 13.1 Å². The van der Waals surface area contributed by atoms with Crippen molar-refractivity contribution in [2.24, 2.45) is 0 Å². The highest BCUT2D eigenvalue weighted by molar-refractivity contribution is 5.94. The average Bonchev–Trinajstić information content (AvgIpc) is 2.95. The molecule has 1 amide bonds. The minimum absolute atomic E-state index is 0.156. The first-order chi connectivity index (χ1) is 9.61. The largest absolute Gasteiger partial charge is 0.480 e. The Labute approximate surface area is 116 Å². The molecule has 0 spiro atoms. The number of carbonyl (C=O) groups excluding carboxylic acids is 1. The van der Waals surface area contributed by atoms with Crippen LogP contribution >= 0.6 is 0 Å². The molecule has 1 aromatic heterocycles. The molecule has 1 atom stereocenters. The monoisotopic (exact) mass is 281 g/mol. The van der Waals surface area contributed by atoms with Gasteiger partial charge in [0.2, 0.25) is 0 Å². The van der Waals surface area contributed by atoms with Crippen molar-refractivity contribution in [2.45, 2.75) is 38.3 Å². The van der Waals surface area contributed by atoms with Crippen LogP contribution in [0.1, 0.15) is 42.7 Å². The van der Waals surface area contributed by atoms with E-state index in [0.29, 0.717) is 6.42 Å². The minimum atomic E-state index is -1.05. The Morgan fingerprint density at radius 2 is 2.25 bits per heavy atom. The molecule has 1 aromatic rings. The summed E-state index contributed by atoms with van der Waals surface area (Å²) in [6, 6.07) is -0.654. The highest BCUT2D eigenvalue weighted by Gasteiger charge is 2.22. The Morgan fingerprint density at radius 1 is 1.55 bits per heavy atom. The van der Waals surface area contributed by atoms with Crippen LogP contribution in [-0.4, -0.2) is 51.1 Å². The maximum atomic E-state index is 11.9. The van der Waals surface area contributed by atoms with Crippen LogP contribution in [0.2, 0.25) is 0 Å². The number of piperidine rings is 1. The maximum absolute atomic E-state index is 11.9. The summed E-state index contributed by atoms with van der Waals surface area (Å²) in [5, 5.41) is 22.4. The predicted octanol–water partition coefficient (Wildman–Crippen LogP) is -0.204. The minimum Gasteiger partial charge on any atom is -0.480 e. The fraction of sp³-hybridized carbons (Fsp3) is 0.667. The van der Waals surface area contributed by atoms with Gasteiger partial charge < -0.3 is 15.7 Å². The van der Waals surface area contributed by atoms with Crippen molar-refractivity contribution in [1.82, 2.24) is 25.6 Å². The van der Waals surface area contributed by atoms with Gasteiger partial charge in [0, 0.05) is 0 Å². The van der Waals surface area contributed by atoms with Crippen LogP contribution in [0.4, 0.5) is 0 Å². The third-order valence-electron chi connectivity index (χ3n) is 3.44. The standard InChI is InChI=1S/C12H19N5O3/c1-2-9(12(19)20)14-11(18)10-7-17(16-15-10)8-3-5-13-6-4-8/h7-9,13H,2-6H2,1H3,(H,14,18)(H,19,20)/t9-/m1/s1. The number of aromatic nitrogens is 3. The summed E-state index contributed by atoms with van der Waals surface area (Å²) in [6.45, 7) is 3.54. The number of carboxylic acid groups (broad SMARTS) is 1. The molecule has 0 aromatic carbocycles. The van der Waals surface area contributed by atoms with Gasteiger partial charge in [-0.25, -0.2) is 9.48 Å². The molecule has 1 fully saturated rings. The van der Waals surface area contributed by atoms with Gasteiger partial charge in [0.1, 0.15) is 6.04 Å². The van der Waals surface area contributed by atoms with Crippen molar-refractivity contribution >= 4 is 11.9 Å². The van der Waals surface area contributed by atoms with E-state index in [1.165, 1.54) is 0 Å². The summed E-state index contributed by atoms with van der Waals surface area (Å²) in [7, 11) is 0. The lowest BCUT2D eigenvalue weighted by Gasteiger charge is -2.22. The molecule has 3 N–H and O–H groups in total. The molecule has 8 nitrogen and oxygen atoms in total. The van der Waals surface area contributed by atoms with Crippen LogP contribution in [0.15, 0.2) is 6.20 Å². The first kappa shape index (κ1) is 14.4. The second-order valence-corrected chi connectivity index (χ2v) is 4.84. The molecule has 1 aliphatic heterocycles. The number of nitrogens with zero attached hydrogens (tertiary/aromatic N) is 3. The molecule has 0 aliphatic carbocycles. The average molecular weight is 281 g/mol. The summed E-state index contributed by atoms with van der Waals surface area (Å²) in [4.78, 5) is 22.8. The number of hydrogen-bond acceptors (Lipinski definition) is 5. The molecule has 0 unspecified atom stereocenters. The van der Waals surface area contributed by atoms with Gasteiger partial charge >= 0.3 is 5.97 Å². The quantitative estimate of drug-likeness (QED) is 0.689. The van der Waals surface area contributed by atoms with Gasteiger partial charge in [-0.1, -0.05) is 12.1 Å². The second-order valence-electron chi connectivity index (χ2n) is 4.84. The van der Waals surface area contributed by atoms with Crippen LogP contribution in [0.3, 0.4) is 0 Å². The molecule has 0 saturated carbocycles. The van der Waals surface area contributed by atoms with E-state index in [1.807, 2.05) is 0 Å². The van der Waals surface area contributed by atoms with E-state index >= 15 is 0 Å². The van der Waals surface area contributed by atoms with Gasteiger partial charge in [0.05, 0.1) is 12.2 Å². The number of hydrogen-bond donors (Lipinski definition) is 3. The molecular formula is C12H19N5O3. The Balaban J connectivity index is 2.00. The summed E-state index contributed by atoms with van der Waals surface area (Å²) in [5.41, 5.74) is 0.156. The summed E-state index contributed by atoms with van der Waals surface area (Å²) in [6.07, 6.45) is 3.79. The van der Waals surface area contributed by atoms with Crippen molar-refractivity contribution < 1.29 is 14.7 Å². The topological polar surface area (TPSA) is 109 Å². The highest BCUT2D eigenvalue weighted by atomic mass is 16.4. The maximum Gasteiger partial charge on any atom is 0.326 e. The number of rotatable bonds is 5. The van der Waals surface area contributed by atoms with Crippen molar-refractivity contribution in [1.29, 1.82) is 0 Å². The first-order valence-electron chi connectivity index (χ1n) is 6.78. The molecule has 20 heavy (non-hydrogen) atoms. The van der Waals surface area contributed by atoms with E-state index in [1.54, 1.807) is 17.8 Å². The van der Waals surface area contributed by atoms with Gasteiger partial charge in [-0.15, -0.1) is 5.10 Å². The Morgan fingerprint density at radius 3 is 2.85 bits per heavy atom. The Bertz CT molecular complexity index is 481. The summed E-state index contributed by atoms with van der Waals surface area (Å²) >= 11 is 0. The molecule has 0 bridgehead atoms. The van der Waals surface area contributed by atoms with Gasteiger partial charge in [-0.3, -0.25) is 4.79 Å². The summed E-state index contributed by atoms with van der Waals surface area (Å²) < 4.78 is 1.69. The summed E-state index contributed by atoms with van der Waals surface area (Å²) in [5.74, 6) is -1.55.